The molecule has 0 saturated carbocycles. The average Bonchev–Trinajstić information content (AvgIpc) is 2.16. The summed E-state index contributed by atoms with van der Waals surface area (Å²) in [6.45, 7) is -0.205. The van der Waals surface area contributed by atoms with Crippen LogP contribution in [0.5, 0.6) is 5.75 Å². The van der Waals surface area contributed by atoms with Gasteiger partial charge >= 0.3 is 5.97 Å². The molecule has 1 atom stereocenters. The first-order valence-corrected chi connectivity index (χ1v) is 3.99. The van der Waals surface area contributed by atoms with Gasteiger partial charge in [-0.2, -0.15) is 0 Å². The minimum absolute atomic E-state index is 0.106. The van der Waals surface area contributed by atoms with Crippen LogP contribution in [0.4, 0.5) is 4.39 Å². The van der Waals surface area contributed by atoms with Crippen LogP contribution in [-0.2, 0) is 4.79 Å². The maximum absolute atomic E-state index is 13.0. The third-order valence-corrected chi connectivity index (χ3v) is 1.60. The molecule has 4 nitrogen and oxygen atoms in total. The number of para-hydroxylation sites is 1. The van der Waals surface area contributed by atoms with Gasteiger partial charge in [0.1, 0.15) is 0 Å². The van der Waals surface area contributed by atoms with E-state index in [0.29, 0.717) is 0 Å². The SMILES string of the molecule is NCC(Oc1ccccc1F)C(=O)O. The van der Waals surface area contributed by atoms with Crippen LogP contribution in [-0.4, -0.2) is 23.7 Å². The second-order valence-electron chi connectivity index (χ2n) is 2.61. The van der Waals surface area contributed by atoms with Crippen LogP contribution in [0.25, 0.3) is 0 Å². The van der Waals surface area contributed by atoms with Gasteiger partial charge in [-0.3, -0.25) is 0 Å². The predicted molar refractivity (Wildman–Crippen MR) is 47.5 cm³/mol. The number of hydrogen-bond acceptors (Lipinski definition) is 3. The monoisotopic (exact) mass is 199 g/mol. The summed E-state index contributed by atoms with van der Waals surface area (Å²) in [5.41, 5.74) is 5.14. The van der Waals surface area contributed by atoms with Gasteiger partial charge in [0.05, 0.1) is 0 Å². The summed E-state index contributed by atoms with van der Waals surface area (Å²) in [6.07, 6.45) is -1.22. The number of aliphatic carboxylic acids is 1. The molecule has 0 heterocycles. The summed E-state index contributed by atoms with van der Waals surface area (Å²) in [5.74, 6) is -1.92. The van der Waals surface area contributed by atoms with E-state index >= 15 is 0 Å². The van der Waals surface area contributed by atoms with E-state index in [1.807, 2.05) is 0 Å². The van der Waals surface area contributed by atoms with Crippen molar-refractivity contribution >= 4 is 5.97 Å². The van der Waals surface area contributed by atoms with E-state index in [1.54, 1.807) is 6.07 Å². The first-order chi connectivity index (χ1) is 6.65. The van der Waals surface area contributed by atoms with Crippen molar-refractivity contribution in [2.75, 3.05) is 6.54 Å². The van der Waals surface area contributed by atoms with Crippen molar-refractivity contribution in [3.8, 4) is 5.75 Å². The molecule has 0 aromatic heterocycles. The minimum Gasteiger partial charge on any atom is -0.478 e. The predicted octanol–water partition coefficient (Wildman–Crippen LogP) is 0.616. The number of nitrogens with two attached hydrogens (primary N) is 1. The molecule has 0 saturated heterocycles. The molecule has 76 valence electrons. The molecule has 3 N–H and O–H groups in total. The Morgan fingerprint density at radius 2 is 2.21 bits per heavy atom. The maximum Gasteiger partial charge on any atom is 0.346 e. The van der Waals surface area contributed by atoms with Crippen molar-refractivity contribution in [1.29, 1.82) is 0 Å². The summed E-state index contributed by atoms with van der Waals surface area (Å²) >= 11 is 0. The zero-order valence-electron chi connectivity index (χ0n) is 7.31. The van der Waals surface area contributed by atoms with Gasteiger partial charge in [-0.1, -0.05) is 12.1 Å². The van der Waals surface area contributed by atoms with Crippen molar-refractivity contribution in [1.82, 2.24) is 0 Å². The van der Waals surface area contributed by atoms with Gasteiger partial charge in [0.15, 0.2) is 11.6 Å². The number of benzene rings is 1. The van der Waals surface area contributed by atoms with Gasteiger partial charge in [-0.25, -0.2) is 9.18 Å². The van der Waals surface area contributed by atoms with E-state index in [9.17, 15) is 9.18 Å². The van der Waals surface area contributed by atoms with E-state index in [4.69, 9.17) is 15.6 Å². The Bertz CT molecular complexity index is 330. The van der Waals surface area contributed by atoms with Gasteiger partial charge in [0.2, 0.25) is 6.10 Å². The van der Waals surface area contributed by atoms with E-state index < -0.39 is 17.9 Å². The molecular weight excluding hydrogens is 189 g/mol. The van der Waals surface area contributed by atoms with Crippen molar-refractivity contribution in [3.05, 3.63) is 30.1 Å². The molecule has 1 rings (SSSR count). The fourth-order valence-corrected chi connectivity index (χ4v) is 0.893. The highest BCUT2D eigenvalue weighted by molar-refractivity contribution is 5.73. The van der Waals surface area contributed by atoms with Crippen LogP contribution in [0, 0.1) is 5.82 Å². The Morgan fingerprint density at radius 3 is 2.71 bits per heavy atom. The lowest BCUT2D eigenvalue weighted by atomic mass is 10.3. The quantitative estimate of drug-likeness (QED) is 0.745. The number of carbonyl (C=O) groups is 1. The summed E-state index contributed by atoms with van der Waals surface area (Å²) in [5, 5.41) is 8.60. The van der Waals surface area contributed by atoms with E-state index in [0.717, 1.165) is 0 Å². The smallest absolute Gasteiger partial charge is 0.346 e. The average molecular weight is 199 g/mol. The molecule has 1 aromatic rings. The van der Waals surface area contributed by atoms with Crippen molar-refractivity contribution < 1.29 is 19.0 Å². The van der Waals surface area contributed by atoms with E-state index in [1.165, 1.54) is 18.2 Å². The summed E-state index contributed by atoms with van der Waals surface area (Å²) in [6, 6.07) is 5.57. The second kappa shape index (κ2) is 4.57. The van der Waals surface area contributed by atoms with Gasteiger partial charge in [-0.15, -0.1) is 0 Å². The normalized spacial score (nSPS) is 12.1. The molecule has 0 fully saturated rings. The highest BCUT2D eigenvalue weighted by Gasteiger charge is 2.18. The molecule has 5 heteroatoms. The fraction of sp³-hybridized carbons (Fsp3) is 0.222. The molecule has 14 heavy (non-hydrogen) atoms. The Kier molecular flexibility index (Phi) is 3.41. The van der Waals surface area contributed by atoms with Crippen LogP contribution >= 0.6 is 0 Å². The Hall–Kier alpha value is -1.62. The first-order valence-electron chi connectivity index (χ1n) is 3.99. The van der Waals surface area contributed by atoms with Gasteiger partial charge < -0.3 is 15.6 Å². The van der Waals surface area contributed by atoms with E-state index in [-0.39, 0.29) is 12.3 Å². The lowest BCUT2D eigenvalue weighted by Gasteiger charge is -2.12. The fourth-order valence-electron chi connectivity index (χ4n) is 0.893. The topological polar surface area (TPSA) is 72.5 Å². The molecule has 0 radical (unpaired) electrons. The van der Waals surface area contributed by atoms with Crippen LogP contribution in [0.1, 0.15) is 0 Å². The van der Waals surface area contributed by atoms with Crippen LogP contribution in [0.15, 0.2) is 24.3 Å². The Balaban J connectivity index is 2.77. The lowest BCUT2D eigenvalue weighted by Crippen LogP contribution is -2.34. The molecule has 0 aliphatic carbocycles. The van der Waals surface area contributed by atoms with Crippen molar-refractivity contribution in [2.24, 2.45) is 5.73 Å². The first kappa shape index (κ1) is 10.5. The largest absolute Gasteiger partial charge is 0.478 e. The molecule has 0 aliphatic heterocycles. The van der Waals surface area contributed by atoms with Gasteiger partial charge in [0.25, 0.3) is 0 Å². The minimum atomic E-state index is -1.22. The molecule has 0 spiro atoms. The molecule has 0 aliphatic rings. The lowest BCUT2D eigenvalue weighted by molar-refractivity contribution is -0.144. The summed E-state index contributed by atoms with van der Waals surface area (Å²) < 4.78 is 17.8. The molecule has 0 amide bonds. The summed E-state index contributed by atoms with van der Waals surface area (Å²) in [4.78, 5) is 10.5. The number of rotatable bonds is 4. The van der Waals surface area contributed by atoms with Crippen LogP contribution in [0.3, 0.4) is 0 Å². The van der Waals surface area contributed by atoms with Crippen molar-refractivity contribution in [2.45, 2.75) is 6.10 Å². The number of carboxylic acid groups (broad SMARTS) is 1. The standard InChI is InChI=1S/C9H10FNO3/c10-6-3-1-2-4-7(6)14-8(5-11)9(12)13/h1-4,8H,5,11H2,(H,12,13). The second-order valence-corrected chi connectivity index (χ2v) is 2.61. The highest BCUT2D eigenvalue weighted by atomic mass is 19.1. The van der Waals surface area contributed by atoms with E-state index in [2.05, 4.69) is 0 Å². The van der Waals surface area contributed by atoms with Gasteiger partial charge in [-0.05, 0) is 12.1 Å². The molecule has 0 bridgehead atoms. The number of carboxylic acids is 1. The zero-order valence-corrected chi connectivity index (χ0v) is 7.31. The zero-order chi connectivity index (χ0) is 10.6. The van der Waals surface area contributed by atoms with Gasteiger partial charge in [0, 0.05) is 6.54 Å². The molecule has 1 unspecified atom stereocenters. The Labute approximate surface area is 80.1 Å². The number of halogens is 1. The molecular formula is C9H10FNO3. The highest BCUT2D eigenvalue weighted by Crippen LogP contribution is 2.16. The number of ether oxygens (including phenoxy) is 1. The van der Waals surface area contributed by atoms with Crippen LogP contribution in [0.2, 0.25) is 0 Å². The number of hydrogen-bond donors (Lipinski definition) is 2. The third kappa shape index (κ3) is 2.43. The molecule has 1 aromatic carbocycles. The third-order valence-electron chi connectivity index (χ3n) is 1.60. The maximum atomic E-state index is 13.0. The Morgan fingerprint density at radius 1 is 1.57 bits per heavy atom. The summed E-state index contributed by atoms with van der Waals surface area (Å²) in [7, 11) is 0. The van der Waals surface area contributed by atoms with Crippen LogP contribution < -0.4 is 10.5 Å². The van der Waals surface area contributed by atoms with Crippen molar-refractivity contribution in [3.63, 3.8) is 0 Å².